The van der Waals surface area contributed by atoms with Crippen LogP contribution < -0.4 is 14.9 Å². The van der Waals surface area contributed by atoms with E-state index in [9.17, 15) is 18.0 Å². The Morgan fingerprint density at radius 3 is 2.43 bits per heavy atom. The number of carbonyl (C=O) groups is 2. The van der Waals surface area contributed by atoms with Crippen molar-refractivity contribution in [1.29, 1.82) is 0 Å². The Balaban J connectivity index is 1.78. The molecule has 0 radical (unpaired) electrons. The topological polar surface area (TPSA) is 95.6 Å². The lowest BCUT2D eigenvalue weighted by Gasteiger charge is -2.29. The molecule has 1 aliphatic heterocycles. The van der Waals surface area contributed by atoms with Crippen LogP contribution in [0.15, 0.2) is 23.1 Å². The van der Waals surface area contributed by atoms with Gasteiger partial charge in [0, 0.05) is 25.2 Å². The van der Waals surface area contributed by atoms with Crippen molar-refractivity contribution in [3.63, 3.8) is 0 Å². The molecule has 0 spiro atoms. The molecule has 7 nitrogen and oxygen atoms in total. The third kappa shape index (κ3) is 5.21. The summed E-state index contributed by atoms with van der Waals surface area (Å²) in [6.45, 7) is 5.83. The van der Waals surface area contributed by atoms with Crippen LogP contribution in [0.3, 0.4) is 0 Å². The van der Waals surface area contributed by atoms with Crippen molar-refractivity contribution in [2.75, 3.05) is 11.4 Å². The van der Waals surface area contributed by atoms with E-state index in [2.05, 4.69) is 10.0 Å². The molecule has 1 heterocycles. The number of nitrogens with one attached hydrogen (secondary N) is 2. The largest absolute Gasteiger partial charge is 0.352 e. The molecular formula is C22H33N3O4S. The van der Waals surface area contributed by atoms with Gasteiger partial charge in [-0.05, 0) is 55.4 Å². The van der Waals surface area contributed by atoms with Crippen LogP contribution in [-0.2, 0) is 26.0 Å². The van der Waals surface area contributed by atoms with Gasteiger partial charge in [0.25, 0.3) is 0 Å². The van der Waals surface area contributed by atoms with E-state index in [4.69, 9.17) is 0 Å². The third-order valence-electron chi connectivity index (χ3n) is 6.04. The fourth-order valence-electron chi connectivity index (χ4n) is 4.33. The highest BCUT2D eigenvalue weighted by Crippen LogP contribution is 2.29. The number of carbonyl (C=O) groups excluding carboxylic acids is 2. The lowest BCUT2D eigenvalue weighted by atomic mass is 9.94. The summed E-state index contributed by atoms with van der Waals surface area (Å²) in [5, 5.41) is 3.03. The predicted molar refractivity (Wildman–Crippen MR) is 117 cm³/mol. The van der Waals surface area contributed by atoms with Gasteiger partial charge in [-0.25, -0.2) is 8.42 Å². The molecular weight excluding hydrogens is 402 g/mol. The van der Waals surface area contributed by atoms with E-state index in [1.807, 2.05) is 13.8 Å². The van der Waals surface area contributed by atoms with Crippen molar-refractivity contribution in [2.24, 2.45) is 5.92 Å². The molecule has 1 aromatic carbocycles. The molecule has 1 atom stereocenters. The number of hydrogen-bond acceptors (Lipinski definition) is 4. The molecule has 1 aliphatic carbocycles. The van der Waals surface area contributed by atoms with Crippen molar-refractivity contribution in [1.82, 2.24) is 10.0 Å². The number of benzene rings is 1. The predicted octanol–water partition coefficient (Wildman–Crippen LogP) is 2.74. The van der Waals surface area contributed by atoms with Gasteiger partial charge in [0.2, 0.25) is 21.8 Å². The van der Waals surface area contributed by atoms with Gasteiger partial charge in [0.1, 0.15) is 6.04 Å². The number of anilines is 1. The second-order valence-corrected chi connectivity index (χ2v) is 10.5. The minimum Gasteiger partial charge on any atom is -0.352 e. The number of sulfonamides is 1. The van der Waals surface area contributed by atoms with Crippen molar-refractivity contribution < 1.29 is 18.0 Å². The van der Waals surface area contributed by atoms with E-state index in [-0.39, 0.29) is 28.7 Å². The maximum absolute atomic E-state index is 13.1. The smallest absolute Gasteiger partial charge is 0.241 e. The first-order valence-corrected chi connectivity index (χ1v) is 12.4. The molecule has 8 heteroatoms. The van der Waals surface area contributed by atoms with Crippen molar-refractivity contribution in [2.45, 2.75) is 82.7 Å². The molecule has 2 N–H and O–H groups in total. The van der Waals surface area contributed by atoms with Crippen LogP contribution >= 0.6 is 0 Å². The van der Waals surface area contributed by atoms with Crippen LogP contribution in [0.1, 0.15) is 64.9 Å². The maximum Gasteiger partial charge on any atom is 0.241 e. The SMILES string of the molecule is CC(=O)N1CCCc2cc(S(=O)(=O)N[C@@H](C(=O)NC3CCCCC3)C(C)C)ccc21. The summed E-state index contributed by atoms with van der Waals surface area (Å²) in [6.07, 6.45) is 6.78. The van der Waals surface area contributed by atoms with Gasteiger partial charge in [-0.3, -0.25) is 9.59 Å². The Labute approximate surface area is 179 Å². The highest BCUT2D eigenvalue weighted by Gasteiger charge is 2.31. The summed E-state index contributed by atoms with van der Waals surface area (Å²) < 4.78 is 28.8. The van der Waals surface area contributed by atoms with E-state index in [1.165, 1.54) is 19.4 Å². The third-order valence-corrected chi connectivity index (χ3v) is 7.48. The first kappa shape index (κ1) is 22.7. The molecule has 0 bridgehead atoms. The van der Waals surface area contributed by atoms with Gasteiger partial charge >= 0.3 is 0 Å². The summed E-state index contributed by atoms with van der Waals surface area (Å²) in [5.74, 6) is -0.501. The maximum atomic E-state index is 13.1. The van der Waals surface area contributed by atoms with Gasteiger partial charge in [-0.2, -0.15) is 4.72 Å². The zero-order valence-corrected chi connectivity index (χ0v) is 18.9. The molecule has 1 aromatic rings. The lowest BCUT2D eigenvalue weighted by Crippen LogP contribution is -2.52. The second kappa shape index (κ2) is 9.47. The Morgan fingerprint density at radius 2 is 1.80 bits per heavy atom. The number of amides is 2. The molecule has 1 saturated carbocycles. The molecule has 0 saturated heterocycles. The zero-order valence-electron chi connectivity index (χ0n) is 18.1. The molecule has 0 unspecified atom stereocenters. The van der Waals surface area contributed by atoms with E-state index >= 15 is 0 Å². The van der Waals surface area contributed by atoms with Crippen LogP contribution in [-0.4, -0.2) is 38.9 Å². The fourth-order valence-corrected chi connectivity index (χ4v) is 5.73. The summed E-state index contributed by atoms with van der Waals surface area (Å²) in [4.78, 5) is 26.5. The van der Waals surface area contributed by atoms with E-state index < -0.39 is 16.1 Å². The Bertz CT molecular complexity index is 892. The molecule has 0 aromatic heterocycles. The fraction of sp³-hybridized carbons (Fsp3) is 0.636. The van der Waals surface area contributed by atoms with Crippen LogP contribution in [0, 0.1) is 5.92 Å². The summed E-state index contributed by atoms with van der Waals surface area (Å²) in [7, 11) is -3.88. The molecule has 3 rings (SSSR count). The second-order valence-electron chi connectivity index (χ2n) is 8.75. The number of rotatable bonds is 6. The highest BCUT2D eigenvalue weighted by atomic mass is 32.2. The average molecular weight is 436 g/mol. The first-order valence-electron chi connectivity index (χ1n) is 10.9. The van der Waals surface area contributed by atoms with Gasteiger partial charge in [0.15, 0.2) is 0 Å². The van der Waals surface area contributed by atoms with Gasteiger partial charge in [-0.1, -0.05) is 33.1 Å². The minimum atomic E-state index is -3.88. The monoisotopic (exact) mass is 435 g/mol. The summed E-state index contributed by atoms with van der Waals surface area (Å²) in [6, 6.07) is 4.12. The number of nitrogens with zero attached hydrogens (tertiary/aromatic N) is 1. The van der Waals surface area contributed by atoms with Crippen molar-refractivity contribution in [3.05, 3.63) is 23.8 Å². The minimum absolute atomic E-state index is 0.0519. The number of fused-ring (bicyclic) bond motifs is 1. The van der Waals surface area contributed by atoms with Crippen molar-refractivity contribution >= 4 is 27.5 Å². The average Bonchev–Trinajstić information content (AvgIpc) is 2.71. The summed E-state index contributed by atoms with van der Waals surface area (Å²) >= 11 is 0. The Morgan fingerprint density at radius 1 is 1.10 bits per heavy atom. The van der Waals surface area contributed by atoms with Gasteiger partial charge in [0.05, 0.1) is 4.90 Å². The highest BCUT2D eigenvalue weighted by molar-refractivity contribution is 7.89. The van der Waals surface area contributed by atoms with E-state index in [0.29, 0.717) is 6.54 Å². The van der Waals surface area contributed by atoms with Crippen molar-refractivity contribution in [3.8, 4) is 0 Å². The standard InChI is InChI=1S/C22H33N3O4S/c1-15(2)21(22(27)23-18-9-5-4-6-10-18)24-30(28,29)19-11-12-20-17(14-19)8-7-13-25(20)16(3)26/h11-12,14-15,18,21,24H,4-10,13H2,1-3H3,(H,23,27)/t21-/m1/s1. The summed E-state index contributed by atoms with van der Waals surface area (Å²) in [5.41, 5.74) is 1.61. The van der Waals surface area contributed by atoms with Gasteiger partial charge < -0.3 is 10.2 Å². The molecule has 166 valence electrons. The number of hydrogen-bond donors (Lipinski definition) is 2. The van der Waals surface area contributed by atoms with E-state index in [1.54, 1.807) is 17.0 Å². The molecule has 2 aliphatic rings. The normalized spacial score (nSPS) is 18.7. The van der Waals surface area contributed by atoms with Gasteiger partial charge in [-0.15, -0.1) is 0 Å². The molecule has 1 fully saturated rings. The number of aryl methyl sites for hydroxylation is 1. The van der Waals surface area contributed by atoms with Crippen LogP contribution in [0.5, 0.6) is 0 Å². The molecule has 2 amide bonds. The Kier molecular flexibility index (Phi) is 7.18. The van der Waals surface area contributed by atoms with Crippen LogP contribution in [0.2, 0.25) is 0 Å². The van der Waals surface area contributed by atoms with Crippen LogP contribution in [0.4, 0.5) is 5.69 Å². The first-order chi connectivity index (χ1) is 14.2. The Hall–Kier alpha value is -1.93. The quantitative estimate of drug-likeness (QED) is 0.718. The van der Waals surface area contributed by atoms with Crippen LogP contribution in [0.25, 0.3) is 0 Å². The molecule has 30 heavy (non-hydrogen) atoms. The lowest BCUT2D eigenvalue weighted by molar-refractivity contribution is -0.124. The zero-order chi connectivity index (χ0) is 21.9. The van der Waals surface area contributed by atoms with E-state index in [0.717, 1.165) is 49.8 Å².